The van der Waals surface area contributed by atoms with Crippen LogP contribution in [0.15, 0.2) is 0 Å². The minimum atomic E-state index is 0.378. The summed E-state index contributed by atoms with van der Waals surface area (Å²) in [5.41, 5.74) is 0.378. The lowest BCUT2D eigenvalue weighted by Gasteiger charge is -2.53. The molecule has 0 radical (unpaired) electrons. The van der Waals surface area contributed by atoms with Crippen molar-refractivity contribution >= 4 is 0 Å². The topological polar surface area (TPSA) is 15.3 Å². The molecule has 2 heteroatoms. The molecule has 1 N–H and O–H groups in total. The van der Waals surface area contributed by atoms with Crippen LogP contribution in [0.5, 0.6) is 0 Å². The van der Waals surface area contributed by atoms with Gasteiger partial charge in [-0.3, -0.25) is 0 Å². The fraction of sp³-hybridized carbons (Fsp3) is 1.00. The Balaban J connectivity index is 2.19. The van der Waals surface area contributed by atoms with Crippen molar-refractivity contribution in [2.45, 2.75) is 77.3 Å². The number of hydrogen-bond donors (Lipinski definition) is 1. The number of nitrogens with zero attached hydrogens (tertiary/aromatic N) is 1. The molecule has 3 atom stereocenters. The highest BCUT2D eigenvalue weighted by molar-refractivity contribution is 5.04. The van der Waals surface area contributed by atoms with Crippen molar-refractivity contribution in [3.63, 3.8) is 0 Å². The van der Waals surface area contributed by atoms with E-state index in [1.807, 2.05) is 0 Å². The summed E-state index contributed by atoms with van der Waals surface area (Å²) in [6.45, 7) is 7.35. The normalized spacial score (nSPS) is 43.0. The van der Waals surface area contributed by atoms with Crippen molar-refractivity contribution in [3.8, 4) is 0 Å². The Morgan fingerprint density at radius 2 is 1.43 bits per heavy atom. The third-order valence-electron chi connectivity index (χ3n) is 6.61. The molecule has 0 amide bonds. The molecule has 2 saturated carbocycles. The van der Waals surface area contributed by atoms with E-state index in [1.165, 1.54) is 44.9 Å². The van der Waals surface area contributed by atoms with E-state index in [0.717, 1.165) is 23.7 Å². The van der Waals surface area contributed by atoms with E-state index in [2.05, 4.69) is 52.1 Å². The van der Waals surface area contributed by atoms with Gasteiger partial charge < -0.3 is 10.2 Å². The quantitative estimate of drug-likeness (QED) is 0.837. The first-order valence-corrected chi connectivity index (χ1v) is 9.23. The molecule has 0 saturated heterocycles. The van der Waals surface area contributed by atoms with Gasteiger partial charge in [-0.15, -0.1) is 0 Å². The molecular formula is C19H38N2. The van der Waals surface area contributed by atoms with E-state index in [9.17, 15) is 0 Å². The van der Waals surface area contributed by atoms with Crippen LogP contribution in [0.1, 0.15) is 65.7 Å². The smallest absolute Gasteiger partial charge is 0.0359 e. The second-order valence-corrected chi connectivity index (χ2v) is 8.62. The second-order valence-electron chi connectivity index (χ2n) is 8.62. The van der Waals surface area contributed by atoms with Crippen molar-refractivity contribution in [3.05, 3.63) is 0 Å². The first kappa shape index (κ1) is 17.3. The molecule has 0 aromatic rings. The van der Waals surface area contributed by atoms with Crippen LogP contribution >= 0.6 is 0 Å². The summed E-state index contributed by atoms with van der Waals surface area (Å²) in [6, 6.07) is 0.658. The van der Waals surface area contributed by atoms with E-state index >= 15 is 0 Å². The predicted octanol–water partition coefficient (Wildman–Crippen LogP) is 4.16. The Kier molecular flexibility index (Phi) is 5.76. The van der Waals surface area contributed by atoms with E-state index in [4.69, 9.17) is 0 Å². The minimum absolute atomic E-state index is 0.378. The number of likely N-dealkylation sites (N-methyl/N-ethyl adjacent to an activating group) is 2. The van der Waals surface area contributed by atoms with Gasteiger partial charge in [0.25, 0.3) is 0 Å². The first-order valence-electron chi connectivity index (χ1n) is 9.23. The zero-order chi connectivity index (χ0) is 15.6. The fourth-order valence-electron chi connectivity index (χ4n) is 5.52. The molecule has 0 aromatic carbocycles. The Morgan fingerprint density at radius 3 is 1.86 bits per heavy atom. The summed E-state index contributed by atoms with van der Waals surface area (Å²) in [7, 11) is 6.84. The van der Waals surface area contributed by atoms with Crippen LogP contribution < -0.4 is 5.32 Å². The molecule has 3 unspecified atom stereocenters. The number of rotatable bonds is 4. The fourth-order valence-corrected chi connectivity index (χ4v) is 5.52. The maximum Gasteiger partial charge on any atom is 0.0359 e. The molecule has 0 aromatic heterocycles. The number of nitrogens with one attached hydrogen (secondary N) is 1. The van der Waals surface area contributed by atoms with Crippen LogP contribution in [0.2, 0.25) is 0 Å². The van der Waals surface area contributed by atoms with E-state index in [1.54, 1.807) is 0 Å². The van der Waals surface area contributed by atoms with Crippen molar-refractivity contribution in [1.29, 1.82) is 0 Å². The molecule has 2 rings (SSSR count). The summed E-state index contributed by atoms with van der Waals surface area (Å²) >= 11 is 0. The van der Waals surface area contributed by atoms with Gasteiger partial charge in [0.2, 0.25) is 0 Å². The van der Waals surface area contributed by atoms with Crippen LogP contribution in [0.25, 0.3) is 0 Å². The lowest BCUT2D eigenvalue weighted by atomic mass is 9.64. The van der Waals surface area contributed by atoms with Crippen molar-refractivity contribution < 1.29 is 0 Å². The van der Waals surface area contributed by atoms with Crippen LogP contribution in [0, 0.1) is 23.7 Å². The highest BCUT2D eigenvalue weighted by atomic mass is 15.2. The molecule has 124 valence electrons. The molecule has 0 aliphatic heterocycles. The Bertz CT molecular complexity index is 308. The van der Waals surface area contributed by atoms with Gasteiger partial charge in [0.05, 0.1) is 0 Å². The predicted molar refractivity (Wildman–Crippen MR) is 92.6 cm³/mol. The first-order chi connectivity index (χ1) is 9.89. The van der Waals surface area contributed by atoms with Crippen LogP contribution in [0.4, 0.5) is 0 Å². The summed E-state index contributed by atoms with van der Waals surface area (Å²) in [5.74, 6) is 3.57. The summed E-state index contributed by atoms with van der Waals surface area (Å²) in [4.78, 5) is 2.56. The van der Waals surface area contributed by atoms with Crippen LogP contribution in [0.3, 0.4) is 0 Å². The van der Waals surface area contributed by atoms with Gasteiger partial charge in [-0.05, 0) is 89.8 Å². The average molecular weight is 295 g/mol. The average Bonchev–Trinajstić information content (AvgIpc) is 2.40. The maximum atomic E-state index is 3.78. The zero-order valence-electron chi connectivity index (χ0n) is 15.3. The summed E-state index contributed by atoms with van der Waals surface area (Å²) < 4.78 is 0. The molecule has 0 heterocycles. The third kappa shape index (κ3) is 3.64. The third-order valence-corrected chi connectivity index (χ3v) is 6.61. The summed E-state index contributed by atoms with van der Waals surface area (Å²) in [5, 5.41) is 3.78. The van der Waals surface area contributed by atoms with Gasteiger partial charge >= 0.3 is 0 Å². The number of hydrogen-bond acceptors (Lipinski definition) is 2. The van der Waals surface area contributed by atoms with Crippen LogP contribution in [-0.2, 0) is 0 Å². The van der Waals surface area contributed by atoms with Crippen molar-refractivity contribution in [2.24, 2.45) is 23.7 Å². The molecule has 0 bridgehead atoms. The monoisotopic (exact) mass is 294 g/mol. The van der Waals surface area contributed by atoms with Gasteiger partial charge in [-0.2, -0.15) is 0 Å². The van der Waals surface area contributed by atoms with Gasteiger partial charge in [-0.25, -0.2) is 0 Å². The van der Waals surface area contributed by atoms with Gasteiger partial charge in [-0.1, -0.05) is 20.8 Å². The molecule has 2 aliphatic rings. The maximum absolute atomic E-state index is 3.78. The lowest BCUT2D eigenvalue weighted by molar-refractivity contribution is 0.00655. The molecule has 21 heavy (non-hydrogen) atoms. The highest BCUT2D eigenvalue weighted by Gasteiger charge is 2.46. The SMILES string of the molecule is CNC(C1CC(C)CC(C)C1)C1(N(C)C)CCC(C)CC1. The Morgan fingerprint density at radius 1 is 0.905 bits per heavy atom. The van der Waals surface area contributed by atoms with Crippen LogP contribution in [-0.4, -0.2) is 37.6 Å². The molecule has 0 spiro atoms. The summed E-state index contributed by atoms with van der Waals surface area (Å²) in [6.07, 6.45) is 9.79. The Hall–Kier alpha value is -0.0800. The van der Waals surface area contributed by atoms with E-state index in [-0.39, 0.29) is 0 Å². The Labute approximate surface area is 133 Å². The second kappa shape index (κ2) is 7.00. The van der Waals surface area contributed by atoms with E-state index in [0.29, 0.717) is 11.6 Å². The van der Waals surface area contributed by atoms with Gasteiger partial charge in [0.1, 0.15) is 0 Å². The van der Waals surface area contributed by atoms with Crippen molar-refractivity contribution in [1.82, 2.24) is 10.2 Å². The lowest BCUT2D eigenvalue weighted by Crippen LogP contribution is -2.63. The van der Waals surface area contributed by atoms with Crippen molar-refractivity contribution in [2.75, 3.05) is 21.1 Å². The van der Waals surface area contributed by atoms with Gasteiger partial charge in [0.15, 0.2) is 0 Å². The van der Waals surface area contributed by atoms with E-state index < -0.39 is 0 Å². The molecule has 2 fully saturated rings. The zero-order valence-corrected chi connectivity index (χ0v) is 15.3. The molecule has 2 nitrogen and oxygen atoms in total. The van der Waals surface area contributed by atoms with Gasteiger partial charge in [0, 0.05) is 11.6 Å². The minimum Gasteiger partial charge on any atom is -0.315 e. The highest BCUT2D eigenvalue weighted by Crippen LogP contribution is 2.44. The standard InChI is InChI=1S/C19H38N2/c1-14-7-9-19(10-8-14,21(5)6)18(20-4)17-12-15(2)11-16(3)13-17/h14-18,20H,7-13H2,1-6H3. The molecule has 2 aliphatic carbocycles. The largest absolute Gasteiger partial charge is 0.315 e. The molecular weight excluding hydrogens is 256 g/mol.